The zero-order valence-corrected chi connectivity index (χ0v) is 17.2. The van der Waals surface area contributed by atoms with Gasteiger partial charge in [-0.25, -0.2) is 17.1 Å². The van der Waals surface area contributed by atoms with Gasteiger partial charge in [-0.3, -0.25) is 0 Å². The molecule has 0 unspecified atom stereocenters. The van der Waals surface area contributed by atoms with Crippen molar-refractivity contribution in [1.82, 2.24) is 14.4 Å². The zero-order chi connectivity index (χ0) is 20.4. The van der Waals surface area contributed by atoms with Crippen LogP contribution in [0.2, 0.25) is 0 Å². The minimum atomic E-state index is -3.29. The van der Waals surface area contributed by atoms with Crippen LogP contribution >= 0.6 is 0 Å². The number of methoxy groups -OCH3 is 1. The van der Waals surface area contributed by atoms with Crippen LogP contribution in [-0.4, -0.2) is 54.9 Å². The smallest absolute Gasteiger partial charge is 0.257 e. The number of rotatable bonds is 7. The van der Waals surface area contributed by atoms with E-state index in [2.05, 4.69) is 10.1 Å². The molecule has 7 nitrogen and oxygen atoms in total. The Labute approximate surface area is 164 Å². The molecule has 0 radical (unpaired) electrons. The Kier molecular flexibility index (Phi) is 6.16. The largest absolute Gasteiger partial charge is 0.385 e. The molecule has 1 fully saturated rings. The molecule has 2 heterocycles. The third-order valence-electron chi connectivity index (χ3n) is 5.41. The molecule has 1 aromatic carbocycles. The van der Waals surface area contributed by atoms with Crippen LogP contribution in [0.4, 0.5) is 4.39 Å². The monoisotopic (exact) mass is 411 g/mol. The molecule has 1 aromatic heterocycles. The van der Waals surface area contributed by atoms with Gasteiger partial charge in [0.15, 0.2) is 5.82 Å². The number of sulfonamides is 1. The lowest BCUT2D eigenvalue weighted by Gasteiger charge is -2.39. The number of aromatic nitrogens is 2. The summed E-state index contributed by atoms with van der Waals surface area (Å²) in [7, 11) is -1.66. The summed E-state index contributed by atoms with van der Waals surface area (Å²) in [6.07, 6.45) is 1.84. The Morgan fingerprint density at radius 3 is 2.46 bits per heavy atom. The van der Waals surface area contributed by atoms with Gasteiger partial charge in [-0.05, 0) is 57.4 Å². The molecule has 3 rings (SSSR count). The molecule has 0 aliphatic carbocycles. The number of hydrogen-bond acceptors (Lipinski definition) is 6. The lowest BCUT2D eigenvalue weighted by molar-refractivity contribution is 0.131. The molecule has 1 aliphatic heterocycles. The van der Waals surface area contributed by atoms with Crippen molar-refractivity contribution >= 4 is 10.0 Å². The van der Waals surface area contributed by atoms with Crippen LogP contribution in [-0.2, 0) is 20.2 Å². The maximum absolute atomic E-state index is 13.2. The lowest BCUT2D eigenvalue weighted by atomic mass is 9.75. The topological polar surface area (TPSA) is 85.5 Å². The Morgan fingerprint density at radius 2 is 1.89 bits per heavy atom. The molecule has 0 bridgehead atoms. The second kappa shape index (κ2) is 8.26. The normalized spacial score (nSPS) is 17.9. The van der Waals surface area contributed by atoms with Gasteiger partial charge in [0.05, 0.1) is 5.25 Å². The summed E-state index contributed by atoms with van der Waals surface area (Å²) < 4.78 is 50.4. The van der Waals surface area contributed by atoms with E-state index in [1.54, 1.807) is 37.4 Å². The number of ether oxygens (including phenoxy) is 1. The number of halogens is 1. The lowest BCUT2D eigenvalue weighted by Crippen LogP contribution is -2.48. The van der Waals surface area contributed by atoms with E-state index in [4.69, 9.17) is 9.26 Å². The van der Waals surface area contributed by atoms with Gasteiger partial charge in [0, 0.05) is 37.8 Å². The molecule has 9 heteroatoms. The summed E-state index contributed by atoms with van der Waals surface area (Å²) in [5.41, 5.74) is 0.225. The fourth-order valence-corrected chi connectivity index (χ4v) is 4.79. The average Bonchev–Trinajstić information content (AvgIpc) is 3.18. The van der Waals surface area contributed by atoms with Crippen LogP contribution in [0.15, 0.2) is 28.8 Å². The first-order valence-electron chi connectivity index (χ1n) is 9.36. The SMILES string of the molecule is COCCC1(c2noc(-c3ccc(F)cc3)n2)CCN(S(=O)(=O)C(C)C)CC1. The quantitative estimate of drug-likeness (QED) is 0.696. The molecule has 1 aliphatic rings. The van der Waals surface area contributed by atoms with Crippen LogP contribution in [0.5, 0.6) is 0 Å². The van der Waals surface area contributed by atoms with Gasteiger partial charge in [0.1, 0.15) is 5.82 Å². The summed E-state index contributed by atoms with van der Waals surface area (Å²) in [5, 5.41) is 3.73. The van der Waals surface area contributed by atoms with Crippen LogP contribution < -0.4 is 0 Å². The fraction of sp³-hybridized carbons (Fsp3) is 0.579. The highest BCUT2D eigenvalue weighted by Crippen LogP contribution is 2.39. The predicted molar refractivity (Wildman–Crippen MR) is 103 cm³/mol. The second-order valence-electron chi connectivity index (χ2n) is 7.45. The first-order valence-corrected chi connectivity index (χ1v) is 10.9. The Morgan fingerprint density at radius 1 is 1.25 bits per heavy atom. The Bertz CT molecular complexity index is 888. The molecule has 0 N–H and O–H groups in total. The van der Waals surface area contributed by atoms with Crippen LogP contribution in [0.1, 0.15) is 38.9 Å². The number of hydrogen-bond donors (Lipinski definition) is 0. The molecule has 0 amide bonds. The maximum atomic E-state index is 13.2. The standard InChI is InChI=1S/C19H26FN3O4S/c1-14(2)28(24,25)23-11-8-19(9-12-23,10-13-26-3)18-21-17(27-22-18)15-4-6-16(20)7-5-15/h4-7,14H,8-13H2,1-3H3. The van der Waals surface area contributed by atoms with Crippen molar-refractivity contribution < 1.29 is 22.1 Å². The van der Waals surface area contributed by atoms with Gasteiger partial charge in [0.25, 0.3) is 5.89 Å². The molecule has 0 atom stereocenters. The van der Waals surface area contributed by atoms with Crippen molar-refractivity contribution in [3.8, 4) is 11.5 Å². The van der Waals surface area contributed by atoms with Crippen LogP contribution in [0.3, 0.4) is 0 Å². The van der Waals surface area contributed by atoms with Gasteiger partial charge in [-0.15, -0.1) is 0 Å². The summed E-state index contributed by atoms with van der Waals surface area (Å²) >= 11 is 0. The van der Waals surface area contributed by atoms with E-state index in [1.165, 1.54) is 12.1 Å². The highest BCUT2D eigenvalue weighted by Gasteiger charge is 2.43. The van der Waals surface area contributed by atoms with E-state index in [0.717, 1.165) is 0 Å². The van der Waals surface area contributed by atoms with E-state index in [-0.39, 0.29) is 5.82 Å². The maximum Gasteiger partial charge on any atom is 0.257 e. The van der Waals surface area contributed by atoms with Crippen molar-refractivity contribution in [2.45, 2.75) is 43.8 Å². The summed E-state index contributed by atoms with van der Waals surface area (Å²) in [6.45, 7) is 4.71. The third-order valence-corrected chi connectivity index (χ3v) is 7.69. The molecular formula is C19H26FN3O4S. The summed E-state index contributed by atoms with van der Waals surface area (Å²) in [4.78, 5) is 4.56. The van der Waals surface area contributed by atoms with Crippen LogP contribution in [0, 0.1) is 5.82 Å². The minimum absolute atomic E-state index is 0.323. The molecule has 28 heavy (non-hydrogen) atoms. The molecule has 0 saturated carbocycles. The zero-order valence-electron chi connectivity index (χ0n) is 16.4. The van der Waals surface area contributed by atoms with Crippen molar-refractivity contribution in [3.63, 3.8) is 0 Å². The van der Waals surface area contributed by atoms with Gasteiger partial charge >= 0.3 is 0 Å². The highest BCUT2D eigenvalue weighted by atomic mass is 32.2. The first-order chi connectivity index (χ1) is 13.3. The molecule has 1 saturated heterocycles. The van der Waals surface area contributed by atoms with E-state index in [1.807, 2.05) is 0 Å². The average molecular weight is 411 g/mol. The van der Waals surface area contributed by atoms with Crippen LogP contribution in [0.25, 0.3) is 11.5 Å². The fourth-order valence-electron chi connectivity index (χ4n) is 3.50. The van der Waals surface area contributed by atoms with Gasteiger partial charge < -0.3 is 9.26 Å². The second-order valence-corrected chi connectivity index (χ2v) is 9.94. The van der Waals surface area contributed by atoms with Crippen molar-refractivity contribution in [2.75, 3.05) is 26.8 Å². The van der Waals surface area contributed by atoms with Gasteiger partial charge in [-0.2, -0.15) is 4.98 Å². The van der Waals surface area contributed by atoms with E-state index in [9.17, 15) is 12.8 Å². The number of benzene rings is 1. The molecular weight excluding hydrogens is 385 g/mol. The molecule has 154 valence electrons. The van der Waals surface area contributed by atoms with Gasteiger partial charge in [0.2, 0.25) is 10.0 Å². The van der Waals surface area contributed by atoms with E-state index in [0.29, 0.717) is 56.2 Å². The predicted octanol–water partition coefficient (Wildman–Crippen LogP) is 2.98. The van der Waals surface area contributed by atoms with Crippen molar-refractivity contribution in [1.29, 1.82) is 0 Å². The highest BCUT2D eigenvalue weighted by molar-refractivity contribution is 7.89. The molecule has 2 aromatic rings. The summed E-state index contributed by atoms with van der Waals surface area (Å²) in [6, 6.07) is 5.86. The summed E-state index contributed by atoms with van der Waals surface area (Å²) in [5.74, 6) is 0.535. The Balaban J connectivity index is 1.84. The van der Waals surface area contributed by atoms with Crippen molar-refractivity contribution in [3.05, 3.63) is 35.9 Å². The third kappa shape index (κ3) is 4.11. The number of piperidine rings is 1. The van der Waals surface area contributed by atoms with Crippen molar-refractivity contribution in [2.24, 2.45) is 0 Å². The number of nitrogens with zero attached hydrogens (tertiary/aromatic N) is 3. The first kappa shape index (κ1) is 20.9. The van der Waals surface area contributed by atoms with E-state index < -0.39 is 20.7 Å². The minimum Gasteiger partial charge on any atom is -0.385 e. The van der Waals surface area contributed by atoms with Gasteiger partial charge in [-0.1, -0.05) is 5.16 Å². The van der Waals surface area contributed by atoms with E-state index >= 15 is 0 Å². The molecule has 0 spiro atoms. The Hall–Kier alpha value is -1.84.